The maximum atomic E-state index is 2.26. The second kappa shape index (κ2) is 3.54. The SMILES string of the molecule is [OH-].c1ccc2c(c1)CCCC2. The summed E-state index contributed by atoms with van der Waals surface area (Å²) in [7, 11) is 0. The van der Waals surface area contributed by atoms with E-state index >= 15 is 0 Å². The van der Waals surface area contributed by atoms with E-state index in [4.69, 9.17) is 0 Å². The topological polar surface area (TPSA) is 30.0 Å². The molecule has 1 aromatic rings. The molecule has 1 N–H and O–H groups in total. The van der Waals surface area contributed by atoms with Crippen molar-refractivity contribution in [2.45, 2.75) is 25.7 Å². The smallest absolute Gasteiger partial charge is 0.0276 e. The van der Waals surface area contributed by atoms with E-state index in [1.807, 2.05) is 0 Å². The van der Waals surface area contributed by atoms with Gasteiger partial charge < -0.3 is 5.48 Å². The molecule has 0 atom stereocenters. The first kappa shape index (κ1) is 8.28. The Balaban J connectivity index is 0.000000605. The van der Waals surface area contributed by atoms with Crippen LogP contribution in [0.15, 0.2) is 24.3 Å². The van der Waals surface area contributed by atoms with E-state index in [0.29, 0.717) is 0 Å². The van der Waals surface area contributed by atoms with Gasteiger partial charge in [-0.1, -0.05) is 24.3 Å². The zero-order valence-electron chi connectivity index (χ0n) is 6.59. The van der Waals surface area contributed by atoms with Crippen molar-refractivity contribution in [1.29, 1.82) is 0 Å². The quantitative estimate of drug-likeness (QED) is 0.557. The summed E-state index contributed by atoms with van der Waals surface area (Å²) in [6.07, 6.45) is 5.38. The molecular formula is C10H13O-. The largest absolute Gasteiger partial charge is 0.870 e. The minimum atomic E-state index is 0. The van der Waals surface area contributed by atoms with Crippen molar-refractivity contribution in [2.75, 3.05) is 0 Å². The van der Waals surface area contributed by atoms with Crippen molar-refractivity contribution < 1.29 is 5.48 Å². The molecule has 0 saturated heterocycles. The standard InChI is InChI=1S/C10H12.H2O/c1-2-6-10-8-4-3-7-9(10)5-1;/h1-2,5-6H,3-4,7-8H2;1H2/p-1. The summed E-state index contributed by atoms with van der Waals surface area (Å²) in [5.41, 5.74) is 3.16. The molecule has 1 aromatic carbocycles. The summed E-state index contributed by atoms with van der Waals surface area (Å²) < 4.78 is 0. The lowest BCUT2D eigenvalue weighted by atomic mass is 9.92. The second-order valence-electron chi connectivity index (χ2n) is 2.98. The fourth-order valence-electron chi connectivity index (χ4n) is 1.68. The third-order valence-corrected chi connectivity index (χ3v) is 2.26. The van der Waals surface area contributed by atoms with Gasteiger partial charge in [-0.15, -0.1) is 0 Å². The van der Waals surface area contributed by atoms with Crippen molar-refractivity contribution in [3.8, 4) is 0 Å². The molecule has 0 heterocycles. The lowest BCUT2D eigenvalue weighted by Gasteiger charge is -2.13. The molecule has 0 aliphatic heterocycles. The number of hydrogen-bond donors (Lipinski definition) is 0. The van der Waals surface area contributed by atoms with Crippen LogP contribution in [0.5, 0.6) is 0 Å². The highest BCUT2D eigenvalue weighted by molar-refractivity contribution is 5.28. The van der Waals surface area contributed by atoms with E-state index < -0.39 is 0 Å². The molecule has 60 valence electrons. The molecule has 1 heteroatoms. The van der Waals surface area contributed by atoms with Gasteiger partial charge in [0.1, 0.15) is 0 Å². The average molecular weight is 149 g/mol. The molecule has 11 heavy (non-hydrogen) atoms. The first-order valence-electron chi connectivity index (χ1n) is 4.03. The summed E-state index contributed by atoms with van der Waals surface area (Å²) in [6, 6.07) is 8.80. The van der Waals surface area contributed by atoms with Crippen LogP contribution >= 0.6 is 0 Å². The van der Waals surface area contributed by atoms with Crippen LogP contribution in [0.1, 0.15) is 24.0 Å². The maximum Gasteiger partial charge on any atom is -0.0276 e. The van der Waals surface area contributed by atoms with E-state index in [0.717, 1.165) is 0 Å². The molecule has 2 rings (SSSR count). The van der Waals surface area contributed by atoms with Crippen LogP contribution < -0.4 is 0 Å². The molecular weight excluding hydrogens is 136 g/mol. The van der Waals surface area contributed by atoms with Crippen molar-refractivity contribution in [3.63, 3.8) is 0 Å². The van der Waals surface area contributed by atoms with E-state index in [9.17, 15) is 0 Å². The minimum Gasteiger partial charge on any atom is -0.870 e. The van der Waals surface area contributed by atoms with Crippen molar-refractivity contribution in [2.24, 2.45) is 0 Å². The molecule has 0 bridgehead atoms. The van der Waals surface area contributed by atoms with Crippen molar-refractivity contribution in [3.05, 3.63) is 35.4 Å². The van der Waals surface area contributed by atoms with Crippen molar-refractivity contribution >= 4 is 0 Å². The van der Waals surface area contributed by atoms with Gasteiger partial charge in [-0.05, 0) is 36.8 Å². The van der Waals surface area contributed by atoms with Gasteiger partial charge in [0.25, 0.3) is 0 Å². The number of fused-ring (bicyclic) bond motifs is 1. The Bertz CT molecular complexity index is 205. The molecule has 1 aliphatic rings. The molecule has 0 saturated carbocycles. The highest BCUT2D eigenvalue weighted by Crippen LogP contribution is 2.19. The third kappa shape index (κ3) is 1.60. The Kier molecular flexibility index (Phi) is 2.66. The molecule has 0 unspecified atom stereocenters. The zero-order chi connectivity index (χ0) is 6.81. The monoisotopic (exact) mass is 149 g/mol. The molecule has 0 fully saturated rings. The summed E-state index contributed by atoms with van der Waals surface area (Å²) >= 11 is 0. The third-order valence-electron chi connectivity index (χ3n) is 2.26. The van der Waals surface area contributed by atoms with Gasteiger partial charge in [0, 0.05) is 0 Å². The molecule has 0 amide bonds. The number of benzene rings is 1. The van der Waals surface area contributed by atoms with Crippen LogP contribution in [0, 0.1) is 0 Å². The number of aryl methyl sites for hydroxylation is 2. The Morgan fingerprint density at radius 3 is 1.73 bits per heavy atom. The first-order valence-corrected chi connectivity index (χ1v) is 4.03. The maximum absolute atomic E-state index is 2.26. The normalized spacial score (nSPS) is 14.9. The van der Waals surface area contributed by atoms with Crippen LogP contribution in [-0.2, 0) is 12.8 Å². The highest BCUT2D eigenvalue weighted by Gasteiger charge is 2.05. The Morgan fingerprint density at radius 2 is 1.27 bits per heavy atom. The summed E-state index contributed by atoms with van der Waals surface area (Å²) in [5.74, 6) is 0. The Morgan fingerprint density at radius 1 is 0.818 bits per heavy atom. The molecule has 0 spiro atoms. The van der Waals surface area contributed by atoms with Gasteiger partial charge >= 0.3 is 0 Å². The lowest BCUT2D eigenvalue weighted by molar-refractivity contribution is 0.685. The van der Waals surface area contributed by atoms with Gasteiger partial charge in [-0.3, -0.25) is 0 Å². The molecule has 1 nitrogen and oxygen atoms in total. The van der Waals surface area contributed by atoms with Crippen LogP contribution in [0.25, 0.3) is 0 Å². The van der Waals surface area contributed by atoms with Crippen LogP contribution in [-0.4, -0.2) is 5.48 Å². The second-order valence-corrected chi connectivity index (χ2v) is 2.98. The minimum absolute atomic E-state index is 0. The van der Waals surface area contributed by atoms with Gasteiger partial charge in [0.2, 0.25) is 0 Å². The molecule has 0 radical (unpaired) electrons. The summed E-state index contributed by atoms with van der Waals surface area (Å²) in [6.45, 7) is 0. The van der Waals surface area contributed by atoms with Crippen LogP contribution in [0.2, 0.25) is 0 Å². The Hall–Kier alpha value is -0.820. The zero-order valence-corrected chi connectivity index (χ0v) is 6.59. The fourth-order valence-corrected chi connectivity index (χ4v) is 1.68. The fraction of sp³-hybridized carbons (Fsp3) is 0.400. The average Bonchev–Trinajstić information content (AvgIpc) is 2.05. The number of rotatable bonds is 0. The van der Waals surface area contributed by atoms with Gasteiger partial charge in [-0.25, -0.2) is 0 Å². The molecule has 0 aromatic heterocycles. The van der Waals surface area contributed by atoms with Crippen molar-refractivity contribution in [1.82, 2.24) is 0 Å². The molecule has 1 aliphatic carbocycles. The van der Waals surface area contributed by atoms with Crippen LogP contribution in [0.4, 0.5) is 0 Å². The highest BCUT2D eigenvalue weighted by atomic mass is 16.0. The van der Waals surface area contributed by atoms with Crippen LogP contribution in [0.3, 0.4) is 0 Å². The summed E-state index contributed by atoms with van der Waals surface area (Å²) in [5, 5.41) is 0. The van der Waals surface area contributed by atoms with E-state index in [1.54, 1.807) is 11.1 Å². The predicted octanol–water partition coefficient (Wildman–Crippen LogP) is 2.39. The Labute approximate surface area is 67.4 Å². The summed E-state index contributed by atoms with van der Waals surface area (Å²) in [4.78, 5) is 0. The predicted molar refractivity (Wildman–Crippen MR) is 45.0 cm³/mol. The van der Waals surface area contributed by atoms with E-state index in [-0.39, 0.29) is 5.48 Å². The first-order chi connectivity index (χ1) is 4.97. The number of hydrogen-bond acceptors (Lipinski definition) is 1. The van der Waals surface area contributed by atoms with Gasteiger partial charge in [-0.2, -0.15) is 0 Å². The van der Waals surface area contributed by atoms with E-state index in [1.165, 1.54) is 25.7 Å². The van der Waals surface area contributed by atoms with Gasteiger partial charge in [0.15, 0.2) is 0 Å². The van der Waals surface area contributed by atoms with E-state index in [2.05, 4.69) is 24.3 Å². The van der Waals surface area contributed by atoms with Gasteiger partial charge in [0.05, 0.1) is 0 Å². The lowest BCUT2D eigenvalue weighted by Crippen LogP contribution is -2.00.